The maximum Gasteiger partial charge on any atom is 0.323 e. The molecule has 0 bridgehead atoms. The SMILES string of the molecule is C[C@@H]1CC[C@H](CCC(=O)N(CC(=O)O)C2CC2)O1. The van der Waals surface area contributed by atoms with Crippen LogP contribution in [0.25, 0.3) is 0 Å². The topological polar surface area (TPSA) is 66.8 Å². The molecule has 1 N–H and O–H groups in total. The summed E-state index contributed by atoms with van der Waals surface area (Å²) in [7, 11) is 0. The van der Waals surface area contributed by atoms with Crippen LogP contribution in [0.15, 0.2) is 0 Å². The second kappa shape index (κ2) is 5.69. The number of hydrogen-bond acceptors (Lipinski definition) is 3. The molecule has 0 aromatic carbocycles. The summed E-state index contributed by atoms with van der Waals surface area (Å²) in [6, 6.07) is 0.164. The Bertz CT molecular complexity index is 327. The summed E-state index contributed by atoms with van der Waals surface area (Å²) in [6.07, 6.45) is 5.54. The molecule has 2 rings (SSSR count). The fourth-order valence-corrected chi connectivity index (χ4v) is 2.48. The molecule has 0 unspecified atom stereocenters. The molecule has 0 radical (unpaired) electrons. The Morgan fingerprint density at radius 3 is 2.50 bits per heavy atom. The first-order chi connectivity index (χ1) is 8.56. The molecular formula is C13H21NO4. The van der Waals surface area contributed by atoms with Crippen molar-refractivity contribution in [2.45, 2.75) is 63.7 Å². The maximum atomic E-state index is 12.0. The Hall–Kier alpha value is -1.10. The molecule has 0 aromatic rings. The van der Waals surface area contributed by atoms with Crippen molar-refractivity contribution in [3.63, 3.8) is 0 Å². The van der Waals surface area contributed by atoms with Crippen molar-refractivity contribution in [2.24, 2.45) is 0 Å². The van der Waals surface area contributed by atoms with Gasteiger partial charge >= 0.3 is 5.97 Å². The van der Waals surface area contributed by atoms with Crippen molar-refractivity contribution < 1.29 is 19.4 Å². The number of carboxylic acids is 1. The van der Waals surface area contributed by atoms with Gasteiger partial charge in [-0.25, -0.2) is 0 Å². The average molecular weight is 255 g/mol. The lowest BCUT2D eigenvalue weighted by Gasteiger charge is -2.21. The third-order valence-electron chi connectivity index (χ3n) is 3.61. The highest BCUT2D eigenvalue weighted by atomic mass is 16.5. The molecule has 18 heavy (non-hydrogen) atoms. The van der Waals surface area contributed by atoms with Crippen molar-refractivity contribution in [1.29, 1.82) is 0 Å². The minimum Gasteiger partial charge on any atom is -0.480 e. The van der Waals surface area contributed by atoms with E-state index in [9.17, 15) is 9.59 Å². The summed E-state index contributed by atoms with van der Waals surface area (Å²) in [6.45, 7) is 1.88. The fourth-order valence-electron chi connectivity index (χ4n) is 2.48. The van der Waals surface area contributed by atoms with Crippen LogP contribution in [0.5, 0.6) is 0 Å². The van der Waals surface area contributed by atoms with E-state index in [0.717, 1.165) is 25.7 Å². The molecule has 1 saturated carbocycles. The first-order valence-electron chi connectivity index (χ1n) is 6.73. The van der Waals surface area contributed by atoms with Crippen LogP contribution in [0.1, 0.15) is 45.4 Å². The number of rotatable bonds is 6. The molecular weight excluding hydrogens is 234 g/mol. The average Bonchev–Trinajstić information content (AvgIpc) is 3.06. The first kappa shape index (κ1) is 13.3. The highest BCUT2D eigenvalue weighted by Crippen LogP contribution is 2.28. The zero-order chi connectivity index (χ0) is 13.1. The van der Waals surface area contributed by atoms with E-state index in [4.69, 9.17) is 9.84 Å². The van der Waals surface area contributed by atoms with Crippen molar-refractivity contribution in [2.75, 3.05) is 6.54 Å². The largest absolute Gasteiger partial charge is 0.480 e. The van der Waals surface area contributed by atoms with E-state index in [1.807, 2.05) is 6.92 Å². The maximum absolute atomic E-state index is 12.0. The summed E-state index contributed by atoms with van der Waals surface area (Å²) < 4.78 is 5.66. The minimum absolute atomic E-state index is 0.0388. The van der Waals surface area contributed by atoms with Crippen LogP contribution in [0.4, 0.5) is 0 Å². The number of carbonyl (C=O) groups is 2. The Kier molecular flexibility index (Phi) is 4.22. The van der Waals surface area contributed by atoms with Gasteiger partial charge in [0, 0.05) is 12.5 Å². The van der Waals surface area contributed by atoms with E-state index in [-0.39, 0.29) is 24.6 Å². The van der Waals surface area contributed by atoms with E-state index in [1.54, 1.807) is 0 Å². The summed E-state index contributed by atoms with van der Waals surface area (Å²) in [5.41, 5.74) is 0. The van der Waals surface area contributed by atoms with Crippen molar-refractivity contribution in [3.05, 3.63) is 0 Å². The van der Waals surface area contributed by atoms with Crippen LogP contribution in [0, 0.1) is 0 Å². The van der Waals surface area contributed by atoms with Gasteiger partial charge in [-0.2, -0.15) is 0 Å². The highest BCUT2D eigenvalue weighted by molar-refractivity contribution is 5.81. The lowest BCUT2D eigenvalue weighted by atomic mass is 10.1. The van der Waals surface area contributed by atoms with Gasteiger partial charge in [0.15, 0.2) is 0 Å². The minimum atomic E-state index is -0.930. The van der Waals surface area contributed by atoms with Gasteiger partial charge in [0.05, 0.1) is 12.2 Å². The normalized spacial score (nSPS) is 27.2. The molecule has 1 amide bonds. The Morgan fingerprint density at radius 2 is 2.00 bits per heavy atom. The molecule has 0 spiro atoms. The molecule has 2 fully saturated rings. The van der Waals surface area contributed by atoms with Crippen molar-refractivity contribution in [3.8, 4) is 0 Å². The third kappa shape index (κ3) is 3.70. The van der Waals surface area contributed by atoms with Crippen LogP contribution in [0.2, 0.25) is 0 Å². The summed E-state index contributed by atoms with van der Waals surface area (Å²) in [5, 5.41) is 8.81. The van der Waals surface area contributed by atoms with E-state index in [0.29, 0.717) is 18.9 Å². The zero-order valence-electron chi connectivity index (χ0n) is 10.8. The number of ether oxygens (including phenoxy) is 1. The van der Waals surface area contributed by atoms with Gasteiger partial charge in [-0.3, -0.25) is 9.59 Å². The van der Waals surface area contributed by atoms with Crippen LogP contribution in [-0.2, 0) is 14.3 Å². The number of nitrogens with zero attached hydrogens (tertiary/aromatic N) is 1. The second-order valence-corrected chi connectivity index (χ2v) is 5.33. The predicted octanol–water partition coefficient (Wildman–Crippen LogP) is 1.41. The molecule has 1 saturated heterocycles. The van der Waals surface area contributed by atoms with Gasteiger partial charge < -0.3 is 14.7 Å². The molecule has 1 aliphatic heterocycles. The predicted molar refractivity (Wildman–Crippen MR) is 65.2 cm³/mol. The van der Waals surface area contributed by atoms with Gasteiger partial charge in [0.25, 0.3) is 0 Å². The molecule has 1 heterocycles. The third-order valence-corrected chi connectivity index (χ3v) is 3.61. The van der Waals surface area contributed by atoms with E-state index in [1.165, 1.54) is 4.90 Å². The molecule has 102 valence electrons. The van der Waals surface area contributed by atoms with Gasteiger partial charge in [0.1, 0.15) is 6.54 Å². The Labute approximate surface area is 107 Å². The zero-order valence-corrected chi connectivity index (χ0v) is 10.8. The number of aliphatic carboxylic acids is 1. The molecule has 5 nitrogen and oxygen atoms in total. The van der Waals surface area contributed by atoms with Gasteiger partial charge in [0.2, 0.25) is 5.91 Å². The molecule has 2 atom stereocenters. The van der Waals surface area contributed by atoms with Crippen molar-refractivity contribution >= 4 is 11.9 Å². The molecule has 5 heteroatoms. The lowest BCUT2D eigenvalue weighted by Crippen LogP contribution is -2.37. The molecule has 0 aromatic heterocycles. The summed E-state index contributed by atoms with van der Waals surface area (Å²) >= 11 is 0. The van der Waals surface area contributed by atoms with E-state index >= 15 is 0 Å². The van der Waals surface area contributed by atoms with Crippen LogP contribution in [-0.4, -0.2) is 46.7 Å². The van der Waals surface area contributed by atoms with Crippen molar-refractivity contribution in [1.82, 2.24) is 4.90 Å². The monoisotopic (exact) mass is 255 g/mol. The summed E-state index contributed by atoms with van der Waals surface area (Å²) in [4.78, 5) is 24.3. The van der Waals surface area contributed by atoms with Crippen LogP contribution < -0.4 is 0 Å². The van der Waals surface area contributed by atoms with Gasteiger partial charge in [-0.15, -0.1) is 0 Å². The molecule has 1 aliphatic carbocycles. The van der Waals surface area contributed by atoms with Crippen LogP contribution >= 0.6 is 0 Å². The number of carbonyl (C=O) groups excluding carboxylic acids is 1. The number of amides is 1. The lowest BCUT2D eigenvalue weighted by molar-refractivity contribution is -0.145. The fraction of sp³-hybridized carbons (Fsp3) is 0.846. The highest BCUT2D eigenvalue weighted by Gasteiger charge is 2.34. The van der Waals surface area contributed by atoms with Gasteiger partial charge in [-0.1, -0.05) is 0 Å². The van der Waals surface area contributed by atoms with E-state index < -0.39 is 5.97 Å². The van der Waals surface area contributed by atoms with Gasteiger partial charge in [-0.05, 0) is 39.0 Å². The Morgan fingerprint density at radius 1 is 1.28 bits per heavy atom. The standard InChI is InChI=1S/C13H21NO4/c1-9-2-5-11(18-9)6-7-12(15)14(8-13(16)17)10-3-4-10/h9-11H,2-8H2,1H3,(H,16,17)/t9-,11-/m1/s1. The first-order valence-corrected chi connectivity index (χ1v) is 6.73. The molecule has 2 aliphatic rings. The summed E-state index contributed by atoms with van der Waals surface area (Å²) in [5.74, 6) is -0.968. The second-order valence-electron chi connectivity index (χ2n) is 5.33. The Balaban J connectivity index is 1.76. The van der Waals surface area contributed by atoms with Crippen LogP contribution in [0.3, 0.4) is 0 Å². The smallest absolute Gasteiger partial charge is 0.323 e. The van der Waals surface area contributed by atoms with E-state index in [2.05, 4.69) is 0 Å². The number of hydrogen-bond donors (Lipinski definition) is 1. The number of carboxylic acid groups (broad SMARTS) is 1. The quantitative estimate of drug-likeness (QED) is 0.779.